The highest BCUT2D eigenvalue weighted by Gasteiger charge is 2.35. The molecule has 0 amide bonds. The third kappa shape index (κ3) is 9.46. The van der Waals surface area contributed by atoms with Gasteiger partial charge in [0.2, 0.25) is 0 Å². The lowest BCUT2D eigenvalue weighted by atomic mass is 9.77. The van der Waals surface area contributed by atoms with Gasteiger partial charge in [-0.1, -0.05) is 92.1 Å². The lowest BCUT2D eigenvalue weighted by Crippen LogP contribution is -2.33. The summed E-state index contributed by atoms with van der Waals surface area (Å²) in [5, 5.41) is 0. The Labute approximate surface area is 203 Å². The summed E-state index contributed by atoms with van der Waals surface area (Å²) in [4.78, 5) is 10.1. The van der Waals surface area contributed by atoms with Crippen LogP contribution in [-0.2, 0) is 36.3 Å². The molecule has 0 aromatic heterocycles. The summed E-state index contributed by atoms with van der Waals surface area (Å²) in [7, 11) is -2.99. The first kappa shape index (κ1) is 26.8. The molecule has 7 heteroatoms. The molecule has 1 aliphatic carbocycles. The van der Waals surface area contributed by atoms with E-state index in [2.05, 4.69) is 6.08 Å². The summed E-state index contributed by atoms with van der Waals surface area (Å²) in [5.41, 5.74) is 2.16. The Kier molecular flexibility index (Phi) is 11.5. The minimum atomic E-state index is -4.18. The van der Waals surface area contributed by atoms with Crippen molar-refractivity contribution in [1.29, 1.82) is 0 Å². The van der Waals surface area contributed by atoms with Gasteiger partial charge in [0.15, 0.2) is 0 Å². The van der Waals surface area contributed by atoms with E-state index in [4.69, 9.17) is 18.5 Å². The van der Waals surface area contributed by atoms with Gasteiger partial charge in [-0.25, -0.2) is 4.57 Å². The van der Waals surface area contributed by atoms with Gasteiger partial charge in [-0.3, -0.25) is 9.05 Å². The number of phosphoric acid groups is 1. The van der Waals surface area contributed by atoms with Gasteiger partial charge in [0.25, 0.3) is 0 Å². The molecule has 3 rings (SSSR count). The van der Waals surface area contributed by atoms with E-state index in [1.165, 1.54) is 13.5 Å². The maximum atomic E-state index is 12.4. The second-order valence-electron chi connectivity index (χ2n) is 8.70. The Morgan fingerprint density at radius 3 is 2.12 bits per heavy atom. The summed E-state index contributed by atoms with van der Waals surface area (Å²) >= 11 is 0. The zero-order chi connectivity index (χ0) is 24.1. The average molecular weight is 489 g/mol. The van der Waals surface area contributed by atoms with Gasteiger partial charge in [-0.2, -0.15) is 0 Å². The molecule has 186 valence electrons. The van der Waals surface area contributed by atoms with Crippen molar-refractivity contribution >= 4 is 7.82 Å². The van der Waals surface area contributed by atoms with Gasteiger partial charge >= 0.3 is 7.82 Å². The molecule has 0 aliphatic heterocycles. The Morgan fingerprint density at radius 2 is 1.53 bits per heavy atom. The van der Waals surface area contributed by atoms with E-state index in [-0.39, 0.29) is 12.5 Å². The number of phosphoric ester groups is 1. The Morgan fingerprint density at radius 1 is 0.941 bits per heavy atom. The van der Waals surface area contributed by atoms with E-state index in [0.29, 0.717) is 25.7 Å². The molecular formula is C27H37O6P. The van der Waals surface area contributed by atoms with Gasteiger partial charge in [0, 0.05) is 13.0 Å². The number of ether oxygens (including phenoxy) is 2. The normalized spacial score (nSPS) is 18.5. The highest BCUT2D eigenvalue weighted by Crippen LogP contribution is 2.46. The van der Waals surface area contributed by atoms with Gasteiger partial charge in [0.05, 0.1) is 32.5 Å². The molecule has 0 radical (unpaired) electrons. The van der Waals surface area contributed by atoms with Crippen molar-refractivity contribution in [2.45, 2.75) is 51.4 Å². The molecule has 2 aromatic rings. The van der Waals surface area contributed by atoms with E-state index in [1.54, 1.807) is 0 Å². The number of hydrogen-bond acceptors (Lipinski definition) is 5. The van der Waals surface area contributed by atoms with Crippen molar-refractivity contribution in [3.63, 3.8) is 0 Å². The first-order valence-electron chi connectivity index (χ1n) is 12.0. The van der Waals surface area contributed by atoms with Crippen molar-refractivity contribution in [3.8, 4) is 0 Å². The van der Waals surface area contributed by atoms with Crippen LogP contribution in [0.3, 0.4) is 0 Å². The van der Waals surface area contributed by atoms with E-state index in [1.807, 2.05) is 66.7 Å². The van der Waals surface area contributed by atoms with Crippen LogP contribution in [0.15, 0.2) is 72.8 Å². The summed E-state index contributed by atoms with van der Waals surface area (Å²) < 4.78 is 34.5. The van der Waals surface area contributed by atoms with Gasteiger partial charge in [-0.05, 0) is 29.9 Å². The zero-order valence-electron chi connectivity index (χ0n) is 20.0. The topological polar surface area (TPSA) is 74.2 Å². The second-order valence-corrected chi connectivity index (χ2v) is 10.2. The molecule has 1 fully saturated rings. The molecule has 1 saturated carbocycles. The monoisotopic (exact) mass is 488 g/mol. The van der Waals surface area contributed by atoms with Gasteiger partial charge in [-0.15, -0.1) is 0 Å². The Bertz CT molecular complexity index is 883. The quantitative estimate of drug-likeness (QED) is 0.191. The predicted molar refractivity (Wildman–Crippen MR) is 133 cm³/mol. The number of rotatable bonds is 14. The largest absolute Gasteiger partial charge is 0.472 e. The van der Waals surface area contributed by atoms with E-state index < -0.39 is 13.9 Å². The van der Waals surface area contributed by atoms with E-state index in [0.717, 1.165) is 36.8 Å². The Balaban J connectivity index is 1.66. The van der Waals surface area contributed by atoms with Crippen LogP contribution in [-0.4, -0.2) is 31.3 Å². The molecule has 1 aliphatic rings. The van der Waals surface area contributed by atoms with Gasteiger partial charge < -0.3 is 14.4 Å². The molecule has 0 heterocycles. The fourth-order valence-corrected chi connectivity index (χ4v) is 5.06. The first-order valence-corrected chi connectivity index (χ1v) is 13.5. The summed E-state index contributed by atoms with van der Waals surface area (Å²) in [6.07, 6.45) is 9.10. The van der Waals surface area contributed by atoms with Crippen molar-refractivity contribution in [2.24, 2.45) is 11.8 Å². The maximum absolute atomic E-state index is 12.4. The highest BCUT2D eigenvalue weighted by atomic mass is 31.2. The van der Waals surface area contributed by atoms with Crippen LogP contribution < -0.4 is 0 Å². The molecule has 2 aromatic carbocycles. The molecule has 0 saturated heterocycles. The van der Waals surface area contributed by atoms with E-state index in [9.17, 15) is 9.46 Å². The van der Waals surface area contributed by atoms with Crippen molar-refractivity contribution in [1.82, 2.24) is 0 Å². The van der Waals surface area contributed by atoms with Crippen LogP contribution in [0.25, 0.3) is 0 Å². The molecule has 34 heavy (non-hydrogen) atoms. The third-order valence-corrected chi connectivity index (χ3v) is 7.20. The Hall–Kier alpha value is -1.79. The van der Waals surface area contributed by atoms with Crippen LogP contribution in [0.2, 0.25) is 0 Å². The first-order chi connectivity index (χ1) is 16.6. The van der Waals surface area contributed by atoms with Crippen LogP contribution in [0.5, 0.6) is 0 Å². The summed E-state index contributed by atoms with van der Waals surface area (Å²) in [6.45, 7) is 1.59. The average Bonchev–Trinajstić information content (AvgIpc) is 2.87. The summed E-state index contributed by atoms with van der Waals surface area (Å²) in [5.74, 6) is 0.272. The lowest BCUT2D eigenvalue weighted by Gasteiger charge is -2.34. The predicted octanol–water partition coefficient (Wildman–Crippen LogP) is 6.30. The fourth-order valence-electron chi connectivity index (χ4n) is 4.43. The molecule has 0 spiro atoms. The maximum Gasteiger partial charge on any atom is 0.472 e. The third-order valence-electron chi connectivity index (χ3n) is 6.20. The second kappa shape index (κ2) is 14.6. The minimum absolute atomic E-state index is 0.0768. The van der Waals surface area contributed by atoms with E-state index >= 15 is 0 Å². The molecular weight excluding hydrogens is 451 g/mol. The van der Waals surface area contributed by atoms with Crippen molar-refractivity contribution in [2.75, 3.05) is 20.3 Å². The van der Waals surface area contributed by atoms with Crippen LogP contribution in [0, 0.1) is 11.8 Å². The molecule has 1 N–H and O–H groups in total. The molecule has 1 unspecified atom stereocenters. The highest BCUT2D eigenvalue weighted by molar-refractivity contribution is 7.47. The number of hydrogen-bond donors (Lipinski definition) is 1. The molecule has 3 atom stereocenters. The summed E-state index contributed by atoms with van der Waals surface area (Å²) in [6, 6.07) is 19.9. The minimum Gasteiger partial charge on any atom is -0.374 e. The van der Waals surface area contributed by atoms with Crippen molar-refractivity contribution < 1.29 is 28.0 Å². The van der Waals surface area contributed by atoms with Gasteiger partial charge in [0.1, 0.15) is 0 Å². The fraction of sp³-hybridized carbons (Fsp3) is 0.481. The smallest absolute Gasteiger partial charge is 0.374 e. The van der Waals surface area contributed by atoms with Crippen LogP contribution in [0.4, 0.5) is 0 Å². The number of benzene rings is 2. The van der Waals surface area contributed by atoms with Crippen LogP contribution in [0.1, 0.15) is 43.2 Å². The molecule has 6 nitrogen and oxygen atoms in total. The standard InChI is InChI=1S/C27H37O6P/c1-30-34(28,29)33-27(22-32-21-24-14-7-3-8-15-24)26(25-16-9-4-10-17-25)18-11-19-31-20-23-12-5-2-6-13-23/h2-3,5-8,11-15,18,25-27H,4,9-10,16-17,19-22H2,1H3,(H,28,29)/b18-11+/t26-,27+/m0/s1. The van der Waals surface area contributed by atoms with Crippen LogP contribution >= 0.6 is 7.82 Å². The SMILES string of the molecule is COP(=O)(O)O[C@H](COCc1ccccc1)[C@@H](/C=C/COCc1ccccc1)C1CCCCC1. The zero-order valence-corrected chi connectivity index (χ0v) is 20.9. The van der Waals surface area contributed by atoms with Crippen molar-refractivity contribution in [3.05, 3.63) is 83.9 Å². The lowest BCUT2D eigenvalue weighted by molar-refractivity contribution is -0.0112. The molecule has 0 bridgehead atoms.